The molecule has 21 heavy (non-hydrogen) atoms. The van der Waals surface area contributed by atoms with E-state index in [1.807, 2.05) is 0 Å². The third kappa shape index (κ3) is 2.37. The Morgan fingerprint density at radius 3 is 2.71 bits per heavy atom. The molecule has 110 valence electrons. The number of aryl methyl sites for hydroxylation is 3. The second kappa shape index (κ2) is 5.06. The highest BCUT2D eigenvalue weighted by Gasteiger charge is 2.23. The van der Waals surface area contributed by atoms with Gasteiger partial charge in [0.1, 0.15) is 0 Å². The summed E-state index contributed by atoms with van der Waals surface area (Å²) in [6, 6.07) is 4.45. The van der Waals surface area contributed by atoms with E-state index in [-0.39, 0.29) is 5.92 Å². The van der Waals surface area contributed by atoms with Gasteiger partial charge in [0.15, 0.2) is 0 Å². The van der Waals surface area contributed by atoms with Gasteiger partial charge in [-0.05, 0) is 50.3 Å². The van der Waals surface area contributed by atoms with Crippen molar-refractivity contribution in [2.45, 2.75) is 33.1 Å². The maximum Gasteiger partial charge on any atom is 0.306 e. The van der Waals surface area contributed by atoms with Crippen LogP contribution in [0.15, 0.2) is 24.4 Å². The Hall–Kier alpha value is -2.03. The normalized spacial score (nSPS) is 18.8. The molecule has 0 saturated carbocycles. The van der Waals surface area contributed by atoms with Crippen molar-refractivity contribution < 1.29 is 9.90 Å². The third-order valence-electron chi connectivity index (χ3n) is 4.52. The lowest BCUT2D eigenvalue weighted by molar-refractivity contribution is -0.141. The van der Waals surface area contributed by atoms with Crippen LogP contribution in [-0.2, 0) is 11.8 Å². The lowest BCUT2D eigenvalue weighted by Crippen LogP contribution is -2.15. The quantitative estimate of drug-likeness (QED) is 0.903. The van der Waals surface area contributed by atoms with Gasteiger partial charge in [-0.2, -0.15) is 0 Å². The van der Waals surface area contributed by atoms with Gasteiger partial charge in [-0.25, -0.2) is 0 Å². The molecule has 3 rings (SSSR count). The summed E-state index contributed by atoms with van der Waals surface area (Å²) in [5.74, 6) is -0.887. The molecule has 0 bridgehead atoms. The molecule has 1 unspecified atom stereocenters. The zero-order chi connectivity index (χ0) is 15.1. The minimum atomic E-state index is -0.671. The average molecular weight is 283 g/mol. The molecule has 0 radical (unpaired) electrons. The first-order valence-electron chi connectivity index (χ1n) is 7.46. The van der Waals surface area contributed by atoms with E-state index in [0.717, 1.165) is 12.8 Å². The predicted octanol–water partition coefficient (Wildman–Crippen LogP) is 4.06. The van der Waals surface area contributed by atoms with Crippen LogP contribution >= 0.6 is 0 Å². The molecule has 1 aliphatic rings. The van der Waals surface area contributed by atoms with Crippen molar-refractivity contribution in [1.82, 2.24) is 4.57 Å². The van der Waals surface area contributed by atoms with Crippen molar-refractivity contribution >= 4 is 22.4 Å². The Bertz CT molecular complexity index is 752. The van der Waals surface area contributed by atoms with E-state index in [1.165, 1.54) is 33.2 Å². The third-order valence-corrected chi connectivity index (χ3v) is 4.52. The topological polar surface area (TPSA) is 42.2 Å². The molecule has 3 nitrogen and oxygen atoms in total. The van der Waals surface area contributed by atoms with Gasteiger partial charge in [-0.15, -0.1) is 0 Å². The molecule has 1 aromatic carbocycles. The molecule has 0 fully saturated rings. The Morgan fingerprint density at radius 1 is 1.33 bits per heavy atom. The zero-order valence-corrected chi connectivity index (χ0v) is 12.8. The number of aromatic nitrogens is 1. The summed E-state index contributed by atoms with van der Waals surface area (Å²) < 4.78 is 2.18. The highest BCUT2D eigenvalue weighted by atomic mass is 16.4. The molecule has 3 heteroatoms. The largest absolute Gasteiger partial charge is 0.481 e. The van der Waals surface area contributed by atoms with Gasteiger partial charge in [0, 0.05) is 24.2 Å². The monoisotopic (exact) mass is 283 g/mol. The van der Waals surface area contributed by atoms with Crippen molar-refractivity contribution in [3.05, 3.63) is 41.1 Å². The van der Waals surface area contributed by atoms with Crippen LogP contribution in [0.25, 0.3) is 16.5 Å². The van der Waals surface area contributed by atoms with Gasteiger partial charge in [0.05, 0.1) is 11.4 Å². The molecule has 1 heterocycles. The summed E-state index contributed by atoms with van der Waals surface area (Å²) >= 11 is 0. The van der Waals surface area contributed by atoms with Gasteiger partial charge in [0.25, 0.3) is 0 Å². The standard InChI is InChI=1S/C18H21NO2/c1-11-8-12(2)17-15(9-11)16(10-19(17)3)13-4-6-14(7-5-13)18(20)21/h4,8-10,14H,5-7H2,1-3H3,(H,20,21). The second-order valence-corrected chi connectivity index (χ2v) is 6.17. The molecule has 0 aliphatic heterocycles. The molecule has 0 amide bonds. The van der Waals surface area contributed by atoms with Gasteiger partial charge in [-0.3, -0.25) is 4.79 Å². The van der Waals surface area contributed by atoms with Gasteiger partial charge in [-0.1, -0.05) is 17.7 Å². The fraction of sp³-hybridized carbons (Fsp3) is 0.389. The van der Waals surface area contributed by atoms with E-state index >= 15 is 0 Å². The number of hydrogen-bond acceptors (Lipinski definition) is 1. The van der Waals surface area contributed by atoms with Crippen LogP contribution in [0.1, 0.15) is 36.0 Å². The van der Waals surface area contributed by atoms with Crippen LogP contribution in [0.4, 0.5) is 0 Å². The molecular weight excluding hydrogens is 262 g/mol. The second-order valence-electron chi connectivity index (χ2n) is 6.17. The van der Waals surface area contributed by atoms with Crippen molar-refractivity contribution in [2.75, 3.05) is 0 Å². The molecule has 1 aromatic heterocycles. The molecule has 0 saturated heterocycles. The van der Waals surface area contributed by atoms with Gasteiger partial charge >= 0.3 is 5.97 Å². The van der Waals surface area contributed by atoms with E-state index in [2.05, 4.69) is 49.9 Å². The van der Waals surface area contributed by atoms with Crippen LogP contribution < -0.4 is 0 Å². The molecule has 1 atom stereocenters. The Balaban J connectivity index is 2.08. The number of carbonyl (C=O) groups is 1. The molecule has 1 N–H and O–H groups in total. The smallest absolute Gasteiger partial charge is 0.306 e. The number of fused-ring (bicyclic) bond motifs is 1. The summed E-state index contributed by atoms with van der Waals surface area (Å²) in [6.07, 6.45) is 6.54. The Labute approximate surface area is 124 Å². The maximum absolute atomic E-state index is 11.1. The predicted molar refractivity (Wildman–Crippen MR) is 85.3 cm³/mol. The summed E-state index contributed by atoms with van der Waals surface area (Å²) in [7, 11) is 2.08. The first-order valence-corrected chi connectivity index (χ1v) is 7.46. The van der Waals surface area contributed by atoms with E-state index in [9.17, 15) is 4.79 Å². The van der Waals surface area contributed by atoms with Crippen molar-refractivity contribution in [3.63, 3.8) is 0 Å². The molecule has 0 spiro atoms. The van der Waals surface area contributed by atoms with Crippen molar-refractivity contribution in [3.8, 4) is 0 Å². The number of carboxylic acids is 1. The summed E-state index contributed by atoms with van der Waals surface area (Å²) in [5, 5.41) is 10.4. The van der Waals surface area contributed by atoms with Crippen molar-refractivity contribution in [1.29, 1.82) is 0 Å². The van der Waals surface area contributed by atoms with E-state index < -0.39 is 5.97 Å². The summed E-state index contributed by atoms with van der Waals surface area (Å²) in [5.41, 5.74) is 6.40. The fourth-order valence-corrected chi connectivity index (χ4v) is 3.52. The number of carboxylic acid groups (broad SMARTS) is 1. The maximum atomic E-state index is 11.1. The number of allylic oxidation sites excluding steroid dienone is 2. The number of rotatable bonds is 2. The van der Waals surface area contributed by atoms with Gasteiger partial charge < -0.3 is 9.67 Å². The first-order chi connectivity index (χ1) is 9.97. The van der Waals surface area contributed by atoms with Crippen LogP contribution in [0, 0.1) is 19.8 Å². The Morgan fingerprint density at radius 2 is 2.10 bits per heavy atom. The number of aliphatic carboxylic acids is 1. The molecular formula is C18H21NO2. The van der Waals surface area contributed by atoms with Crippen LogP contribution in [0.3, 0.4) is 0 Å². The number of nitrogens with zero attached hydrogens (tertiary/aromatic N) is 1. The summed E-state index contributed by atoms with van der Waals surface area (Å²) in [6.45, 7) is 4.27. The lowest BCUT2D eigenvalue weighted by Gasteiger charge is -2.18. The summed E-state index contributed by atoms with van der Waals surface area (Å²) in [4.78, 5) is 11.1. The van der Waals surface area contributed by atoms with E-state index in [1.54, 1.807) is 0 Å². The fourth-order valence-electron chi connectivity index (χ4n) is 3.52. The van der Waals surface area contributed by atoms with Crippen LogP contribution in [0.2, 0.25) is 0 Å². The highest BCUT2D eigenvalue weighted by molar-refractivity contribution is 5.95. The lowest BCUT2D eigenvalue weighted by atomic mass is 9.86. The Kier molecular flexibility index (Phi) is 3.36. The SMILES string of the molecule is Cc1cc(C)c2c(c1)c(C1=CCC(C(=O)O)CC1)cn2C. The average Bonchev–Trinajstić information content (AvgIpc) is 2.76. The molecule has 1 aliphatic carbocycles. The van der Waals surface area contributed by atoms with Crippen molar-refractivity contribution in [2.24, 2.45) is 13.0 Å². The van der Waals surface area contributed by atoms with Crippen LogP contribution in [-0.4, -0.2) is 15.6 Å². The molecule has 2 aromatic rings. The minimum Gasteiger partial charge on any atom is -0.481 e. The minimum absolute atomic E-state index is 0.216. The van der Waals surface area contributed by atoms with E-state index in [4.69, 9.17) is 5.11 Å². The zero-order valence-electron chi connectivity index (χ0n) is 12.8. The first kappa shape index (κ1) is 13.9. The number of hydrogen-bond donors (Lipinski definition) is 1. The van der Waals surface area contributed by atoms with Gasteiger partial charge in [0.2, 0.25) is 0 Å². The number of benzene rings is 1. The van der Waals surface area contributed by atoms with E-state index in [0.29, 0.717) is 6.42 Å². The highest BCUT2D eigenvalue weighted by Crippen LogP contribution is 2.36. The van der Waals surface area contributed by atoms with Crippen LogP contribution in [0.5, 0.6) is 0 Å².